The Balaban J connectivity index is 2.68. The van der Waals surface area contributed by atoms with Crippen molar-refractivity contribution in [1.29, 1.82) is 0 Å². The quantitative estimate of drug-likeness (QED) is 0.909. The Labute approximate surface area is 105 Å². The Morgan fingerprint density at radius 3 is 2.53 bits per heavy atom. The largest absolute Gasteiger partial charge is 0.478 e. The van der Waals surface area contributed by atoms with Gasteiger partial charge in [-0.25, -0.2) is 9.48 Å². The number of rotatable bonds is 2. The van der Waals surface area contributed by atoms with Crippen LogP contribution in [-0.4, -0.2) is 25.8 Å². The van der Waals surface area contributed by atoms with Gasteiger partial charge in [-0.2, -0.15) is 18.3 Å². The normalized spacial score (nSPS) is 11.6. The number of alkyl halides is 3. The Kier molecular flexibility index (Phi) is 3.01. The first kappa shape index (κ1) is 13.1. The van der Waals surface area contributed by atoms with E-state index in [1.54, 1.807) is 6.92 Å². The number of aryl methyl sites for hydroxylation is 1. The van der Waals surface area contributed by atoms with E-state index in [0.717, 1.165) is 0 Å². The molecule has 0 spiro atoms. The van der Waals surface area contributed by atoms with Crippen molar-refractivity contribution in [2.75, 3.05) is 0 Å². The van der Waals surface area contributed by atoms with E-state index in [-0.39, 0.29) is 5.69 Å². The molecule has 0 saturated heterocycles. The second-order valence-corrected chi connectivity index (χ2v) is 3.84. The third-order valence-electron chi connectivity index (χ3n) is 2.37. The molecule has 2 aromatic heterocycles. The molecule has 19 heavy (non-hydrogen) atoms. The molecule has 0 aliphatic rings. The highest BCUT2D eigenvalue weighted by Gasteiger charge is 2.40. The summed E-state index contributed by atoms with van der Waals surface area (Å²) < 4.78 is 39.4. The summed E-state index contributed by atoms with van der Waals surface area (Å²) >= 11 is 0. The lowest BCUT2D eigenvalue weighted by Gasteiger charge is -2.11. The molecule has 0 saturated carbocycles. The van der Waals surface area contributed by atoms with Crippen LogP contribution in [0.3, 0.4) is 0 Å². The lowest BCUT2D eigenvalue weighted by atomic mass is 10.2. The fourth-order valence-electron chi connectivity index (χ4n) is 1.63. The number of carbonyl (C=O) groups is 1. The van der Waals surface area contributed by atoms with Crippen LogP contribution < -0.4 is 0 Å². The van der Waals surface area contributed by atoms with Gasteiger partial charge < -0.3 is 5.11 Å². The van der Waals surface area contributed by atoms with Gasteiger partial charge in [0.05, 0.1) is 18.1 Å². The molecule has 0 aromatic carbocycles. The highest BCUT2D eigenvalue weighted by molar-refractivity contribution is 5.89. The summed E-state index contributed by atoms with van der Waals surface area (Å²) in [6.07, 6.45) is -1.50. The van der Waals surface area contributed by atoms with Crippen molar-refractivity contribution < 1.29 is 23.1 Å². The van der Waals surface area contributed by atoms with E-state index < -0.39 is 23.4 Å². The van der Waals surface area contributed by atoms with E-state index in [4.69, 9.17) is 5.11 Å². The fraction of sp³-hybridized carbons (Fsp3) is 0.182. The van der Waals surface area contributed by atoms with E-state index in [1.807, 2.05) is 0 Å². The summed E-state index contributed by atoms with van der Waals surface area (Å²) in [4.78, 5) is 14.6. The summed E-state index contributed by atoms with van der Waals surface area (Å²) in [6, 6.07) is 1.43. The zero-order valence-corrected chi connectivity index (χ0v) is 9.64. The third kappa shape index (κ3) is 2.42. The van der Waals surface area contributed by atoms with Gasteiger partial charge in [-0.1, -0.05) is 0 Å². The van der Waals surface area contributed by atoms with Gasteiger partial charge in [0.2, 0.25) is 0 Å². The third-order valence-corrected chi connectivity index (χ3v) is 2.37. The second kappa shape index (κ2) is 4.38. The number of halogens is 3. The minimum absolute atomic E-state index is 0.0554. The minimum atomic E-state index is -4.83. The van der Waals surface area contributed by atoms with Crippen molar-refractivity contribution >= 4 is 5.97 Å². The molecule has 0 aliphatic carbocycles. The van der Waals surface area contributed by atoms with Crippen LogP contribution in [0.15, 0.2) is 24.7 Å². The molecule has 0 bridgehead atoms. The Bertz CT molecular complexity index is 634. The van der Waals surface area contributed by atoms with Gasteiger partial charge in [-0.3, -0.25) is 4.98 Å². The van der Waals surface area contributed by atoms with Gasteiger partial charge in [0.15, 0.2) is 5.69 Å². The standard InChI is InChI=1S/C11H8F3N3O2/c1-6-2-7(4-15-3-6)17-9(11(12,13)14)8(5-16-17)10(18)19/h2-5H,1H3,(H,18,19). The van der Waals surface area contributed by atoms with Crippen LogP contribution in [0.2, 0.25) is 0 Å². The molecule has 2 heterocycles. The van der Waals surface area contributed by atoms with Crippen LogP contribution >= 0.6 is 0 Å². The van der Waals surface area contributed by atoms with Crippen molar-refractivity contribution in [3.8, 4) is 5.69 Å². The van der Waals surface area contributed by atoms with Gasteiger partial charge >= 0.3 is 12.1 Å². The van der Waals surface area contributed by atoms with Crippen molar-refractivity contribution in [3.05, 3.63) is 41.5 Å². The van der Waals surface area contributed by atoms with Gasteiger partial charge in [-0.15, -0.1) is 0 Å². The van der Waals surface area contributed by atoms with Crippen LogP contribution in [-0.2, 0) is 6.18 Å². The number of aromatic nitrogens is 3. The number of pyridine rings is 1. The van der Waals surface area contributed by atoms with E-state index in [1.165, 1.54) is 18.5 Å². The Hall–Kier alpha value is -2.38. The Morgan fingerprint density at radius 2 is 2.00 bits per heavy atom. The van der Waals surface area contributed by atoms with E-state index >= 15 is 0 Å². The highest BCUT2D eigenvalue weighted by Crippen LogP contribution is 2.33. The van der Waals surface area contributed by atoms with Crippen LogP contribution in [0, 0.1) is 6.92 Å². The Morgan fingerprint density at radius 1 is 1.32 bits per heavy atom. The minimum Gasteiger partial charge on any atom is -0.478 e. The van der Waals surface area contributed by atoms with Crippen molar-refractivity contribution in [3.63, 3.8) is 0 Å². The molecular weight excluding hydrogens is 263 g/mol. The first-order valence-corrected chi connectivity index (χ1v) is 5.11. The monoisotopic (exact) mass is 271 g/mol. The van der Waals surface area contributed by atoms with Crippen molar-refractivity contribution in [2.45, 2.75) is 13.1 Å². The van der Waals surface area contributed by atoms with Crippen LogP contribution in [0.25, 0.3) is 5.69 Å². The molecule has 2 rings (SSSR count). The van der Waals surface area contributed by atoms with E-state index in [0.29, 0.717) is 16.4 Å². The molecule has 0 radical (unpaired) electrons. The molecule has 0 fully saturated rings. The number of aromatic carboxylic acids is 1. The molecule has 0 aliphatic heterocycles. The topological polar surface area (TPSA) is 68.0 Å². The number of hydrogen-bond donors (Lipinski definition) is 1. The zero-order chi connectivity index (χ0) is 14.2. The van der Waals surface area contributed by atoms with Gasteiger partial charge in [-0.05, 0) is 18.6 Å². The maximum absolute atomic E-state index is 12.9. The smallest absolute Gasteiger partial charge is 0.434 e. The molecule has 5 nitrogen and oxygen atoms in total. The second-order valence-electron chi connectivity index (χ2n) is 3.84. The maximum atomic E-state index is 12.9. The molecule has 2 aromatic rings. The molecule has 0 amide bonds. The van der Waals surface area contributed by atoms with Gasteiger partial charge in [0.25, 0.3) is 0 Å². The van der Waals surface area contributed by atoms with Gasteiger partial charge in [0, 0.05) is 6.20 Å². The predicted molar refractivity (Wildman–Crippen MR) is 58.1 cm³/mol. The molecule has 8 heteroatoms. The number of nitrogens with zero attached hydrogens (tertiary/aromatic N) is 3. The van der Waals surface area contributed by atoms with Crippen LogP contribution in [0.5, 0.6) is 0 Å². The summed E-state index contributed by atoms with van der Waals surface area (Å²) in [7, 11) is 0. The highest BCUT2D eigenvalue weighted by atomic mass is 19.4. The number of carboxylic acid groups (broad SMARTS) is 1. The first-order valence-electron chi connectivity index (χ1n) is 5.11. The average molecular weight is 271 g/mol. The van der Waals surface area contributed by atoms with E-state index in [9.17, 15) is 18.0 Å². The molecular formula is C11H8F3N3O2. The van der Waals surface area contributed by atoms with Crippen molar-refractivity contribution in [1.82, 2.24) is 14.8 Å². The number of carboxylic acids is 1. The van der Waals surface area contributed by atoms with Crippen LogP contribution in [0.1, 0.15) is 21.6 Å². The maximum Gasteiger partial charge on any atom is 0.434 e. The zero-order valence-electron chi connectivity index (χ0n) is 9.64. The summed E-state index contributed by atoms with van der Waals surface area (Å²) in [5.74, 6) is -1.68. The summed E-state index contributed by atoms with van der Waals surface area (Å²) in [5, 5.41) is 12.3. The molecule has 100 valence electrons. The summed E-state index contributed by atoms with van der Waals surface area (Å²) in [5.41, 5.74) is -1.53. The summed E-state index contributed by atoms with van der Waals surface area (Å²) in [6.45, 7) is 1.66. The SMILES string of the molecule is Cc1cncc(-n2ncc(C(=O)O)c2C(F)(F)F)c1. The lowest BCUT2D eigenvalue weighted by Crippen LogP contribution is -2.17. The molecule has 0 atom stereocenters. The molecule has 1 N–H and O–H groups in total. The van der Waals surface area contributed by atoms with E-state index in [2.05, 4.69) is 10.1 Å². The van der Waals surface area contributed by atoms with Crippen LogP contribution in [0.4, 0.5) is 13.2 Å². The predicted octanol–water partition coefficient (Wildman–Crippen LogP) is 2.29. The lowest BCUT2D eigenvalue weighted by molar-refractivity contribution is -0.143. The average Bonchev–Trinajstić information content (AvgIpc) is 2.73. The van der Waals surface area contributed by atoms with Crippen molar-refractivity contribution in [2.24, 2.45) is 0 Å². The fourth-order valence-corrected chi connectivity index (χ4v) is 1.63. The van der Waals surface area contributed by atoms with Gasteiger partial charge in [0.1, 0.15) is 5.56 Å². The molecule has 0 unspecified atom stereocenters. The number of hydrogen-bond acceptors (Lipinski definition) is 3. The first-order chi connectivity index (χ1) is 8.80.